The van der Waals surface area contributed by atoms with E-state index in [1.54, 1.807) is 38.1 Å². The Morgan fingerprint density at radius 2 is 1.73 bits per heavy atom. The van der Waals surface area contributed by atoms with Gasteiger partial charge >= 0.3 is 11.9 Å². The molecule has 0 aliphatic carbocycles. The number of aromatic nitrogens is 2. The summed E-state index contributed by atoms with van der Waals surface area (Å²) in [6, 6.07) is 6.86. The van der Waals surface area contributed by atoms with Gasteiger partial charge in [-0.2, -0.15) is 0 Å². The standard InChI is InChI=1S/C15H16N2O5/c1-3-21-14(19)11(15(20)22-4-2)9-17-13(18)10-7-5-6-8-12(10)16-17/h5-9,16H,3-4H2,1-2H3. The number of para-hydroxylation sites is 1. The molecule has 0 amide bonds. The number of benzene rings is 1. The van der Waals surface area contributed by atoms with Crippen LogP contribution in [0.1, 0.15) is 13.8 Å². The maximum absolute atomic E-state index is 12.2. The van der Waals surface area contributed by atoms with Crippen molar-refractivity contribution in [1.82, 2.24) is 9.78 Å². The molecule has 7 nitrogen and oxygen atoms in total. The Morgan fingerprint density at radius 3 is 2.27 bits per heavy atom. The van der Waals surface area contributed by atoms with E-state index in [1.165, 1.54) is 0 Å². The van der Waals surface area contributed by atoms with E-state index in [1.807, 2.05) is 0 Å². The minimum atomic E-state index is -0.841. The molecular formula is C15H16N2O5. The average Bonchev–Trinajstić information content (AvgIpc) is 2.82. The van der Waals surface area contributed by atoms with Gasteiger partial charge < -0.3 is 9.47 Å². The fraction of sp³-hybridized carbons (Fsp3) is 0.267. The molecule has 0 saturated carbocycles. The predicted octanol–water partition coefficient (Wildman–Crippen LogP) is 1.30. The molecule has 0 atom stereocenters. The van der Waals surface area contributed by atoms with Gasteiger partial charge in [-0.15, -0.1) is 0 Å². The van der Waals surface area contributed by atoms with Gasteiger partial charge in [-0.3, -0.25) is 9.89 Å². The zero-order valence-corrected chi connectivity index (χ0v) is 12.3. The molecule has 1 aromatic carbocycles. The summed E-state index contributed by atoms with van der Waals surface area (Å²) in [7, 11) is 0. The molecule has 0 saturated heterocycles. The molecule has 2 rings (SSSR count). The number of aromatic amines is 1. The topological polar surface area (TPSA) is 90.4 Å². The minimum absolute atomic E-state index is 0.108. The SMILES string of the molecule is CCOC(=O)C(=Cn1[nH]c2ccccc2c1=O)C(=O)OCC. The van der Waals surface area contributed by atoms with Gasteiger partial charge in [0.15, 0.2) is 5.57 Å². The Balaban J connectivity index is 2.51. The average molecular weight is 304 g/mol. The maximum Gasteiger partial charge on any atom is 0.347 e. The molecule has 0 fully saturated rings. The number of H-pyrrole nitrogens is 1. The number of esters is 2. The zero-order valence-electron chi connectivity index (χ0n) is 12.3. The van der Waals surface area contributed by atoms with Crippen molar-refractivity contribution in [1.29, 1.82) is 0 Å². The third-order valence-electron chi connectivity index (χ3n) is 2.87. The lowest BCUT2D eigenvalue weighted by molar-refractivity contribution is -0.146. The molecule has 0 spiro atoms. The third kappa shape index (κ3) is 3.08. The van der Waals surface area contributed by atoms with E-state index in [0.717, 1.165) is 10.9 Å². The molecule has 22 heavy (non-hydrogen) atoms. The first-order valence-corrected chi connectivity index (χ1v) is 6.83. The van der Waals surface area contributed by atoms with Crippen molar-refractivity contribution in [2.75, 3.05) is 13.2 Å². The molecule has 1 N–H and O–H groups in total. The summed E-state index contributed by atoms with van der Waals surface area (Å²) < 4.78 is 10.7. The number of nitrogens with zero attached hydrogens (tertiary/aromatic N) is 1. The van der Waals surface area contributed by atoms with Crippen LogP contribution in [0.3, 0.4) is 0 Å². The van der Waals surface area contributed by atoms with Crippen molar-refractivity contribution in [3.05, 3.63) is 40.2 Å². The van der Waals surface area contributed by atoms with Crippen molar-refractivity contribution < 1.29 is 19.1 Å². The molecule has 0 aliphatic rings. The second-order valence-corrected chi connectivity index (χ2v) is 4.32. The Kier molecular flexibility index (Phi) is 4.77. The van der Waals surface area contributed by atoms with Gasteiger partial charge in [-0.25, -0.2) is 14.3 Å². The van der Waals surface area contributed by atoms with E-state index in [-0.39, 0.29) is 24.3 Å². The smallest absolute Gasteiger partial charge is 0.347 e. The highest BCUT2D eigenvalue weighted by Crippen LogP contribution is 2.08. The number of hydrogen-bond donors (Lipinski definition) is 1. The Hall–Kier alpha value is -2.83. The Labute approximate surface area is 126 Å². The van der Waals surface area contributed by atoms with Crippen molar-refractivity contribution in [2.24, 2.45) is 0 Å². The van der Waals surface area contributed by atoms with Gasteiger partial charge in [0.25, 0.3) is 5.56 Å². The minimum Gasteiger partial charge on any atom is -0.462 e. The van der Waals surface area contributed by atoms with Gasteiger partial charge in [-0.05, 0) is 26.0 Å². The van der Waals surface area contributed by atoms with Crippen LogP contribution in [0, 0.1) is 0 Å². The van der Waals surface area contributed by atoms with Crippen molar-refractivity contribution in [3.63, 3.8) is 0 Å². The van der Waals surface area contributed by atoms with Crippen molar-refractivity contribution in [3.8, 4) is 0 Å². The van der Waals surface area contributed by atoms with Crippen molar-refractivity contribution in [2.45, 2.75) is 13.8 Å². The Morgan fingerprint density at radius 1 is 1.14 bits per heavy atom. The van der Waals surface area contributed by atoms with Crippen LogP contribution in [0.25, 0.3) is 17.1 Å². The van der Waals surface area contributed by atoms with Crippen LogP contribution < -0.4 is 5.56 Å². The quantitative estimate of drug-likeness (QED) is 0.389. The molecule has 7 heteroatoms. The van der Waals surface area contributed by atoms with Gasteiger partial charge in [0.05, 0.1) is 30.3 Å². The highest BCUT2D eigenvalue weighted by Gasteiger charge is 2.22. The van der Waals surface area contributed by atoms with Crippen LogP contribution in [0.5, 0.6) is 0 Å². The Bertz CT molecular complexity index is 765. The first-order valence-electron chi connectivity index (χ1n) is 6.83. The molecular weight excluding hydrogens is 288 g/mol. The summed E-state index contributed by atoms with van der Waals surface area (Å²) in [6.45, 7) is 3.46. The summed E-state index contributed by atoms with van der Waals surface area (Å²) in [4.78, 5) is 35.9. The lowest BCUT2D eigenvalue weighted by atomic mass is 10.2. The molecule has 0 unspecified atom stereocenters. The number of carbonyl (C=O) groups is 2. The molecule has 0 aliphatic heterocycles. The van der Waals surface area contributed by atoms with E-state index in [0.29, 0.717) is 10.9 Å². The van der Waals surface area contributed by atoms with Gasteiger partial charge in [0.2, 0.25) is 0 Å². The van der Waals surface area contributed by atoms with E-state index in [9.17, 15) is 14.4 Å². The summed E-state index contributed by atoms with van der Waals surface area (Å²) in [5.41, 5.74) is -0.130. The molecule has 0 radical (unpaired) electrons. The summed E-state index contributed by atoms with van der Waals surface area (Å²) in [6.07, 6.45) is 1.10. The fourth-order valence-corrected chi connectivity index (χ4v) is 1.90. The van der Waals surface area contributed by atoms with Crippen LogP contribution in [0.2, 0.25) is 0 Å². The lowest BCUT2D eigenvalue weighted by Gasteiger charge is -2.06. The molecule has 1 aromatic heterocycles. The molecule has 116 valence electrons. The van der Waals surface area contributed by atoms with E-state index in [2.05, 4.69) is 5.10 Å². The monoisotopic (exact) mass is 304 g/mol. The maximum atomic E-state index is 12.2. The van der Waals surface area contributed by atoms with E-state index in [4.69, 9.17) is 9.47 Å². The lowest BCUT2D eigenvalue weighted by Crippen LogP contribution is -2.21. The second kappa shape index (κ2) is 6.75. The van der Waals surface area contributed by atoms with Crippen LogP contribution in [0.15, 0.2) is 34.6 Å². The van der Waals surface area contributed by atoms with Crippen molar-refractivity contribution >= 4 is 29.0 Å². The van der Waals surface area contributed by atoms with Gasteiger partial charge in [-0.1, -0.05) is 12.1 Å². The second-order valence-electron chi connectivity index (χ2n) is 4.32. The van der Waals surface area contributed by atoms with Crippen LogP contribution in [0.4, 0.5) is 0 Å². The van der Waals surface area contributed by atoms with Gasteiger partial charge in [0.1, 0.15) is 0 Å². The summed E-state index contributed by atoms with van der Waals surface area (Å²) >= 11 is 0. The van der Waals surface area contributed by atoms with Crippen LogP contribution >= 0.6 is 0 Å². The number of rotatable bonds is 5. The number of carbonyl (C=O) groups excluding carboxylic acids is 2. The van der Waals surface area contributed by atoms with Crippen LogP contribution in [-0.4, -0.2) is 34.9 Å². The number of hydrogen-bond acceptors (Lipinski definition) is 5. The zero-order chi connectivity index (χ0) is 16.1. The van der Waals surface area contributed by atoms with Gasteiger partial charge in [0, 0.05) is 0 Å². The van der Waals surface area contributed by atoms with E-state index >= 15 is 0 Å². The third-order valence-corrected chi connectivity index (χ3v) is 2.87. The molecule has 0 bridgehead atoms. The molecule has 1 heterocycles. The normalized spacial score (nSPS) is 10.3. The van der Waals surface area contributed by atoms with Crippen LogP contribution in [-0.2, 0) is 19.1 Å². The highest BCUT2D eigenvalue weighted by atomic mass is 16.6. The number of nitrogens with one attached hydrogen (secondary N) is 1. The first-order chi connectivity index (χ1) is 10.6. The number of fused-ring (bicyclic) bond motifs is 1. The molecule has 2 aromatic rings. The van der Waals surface area contributed by atoms with E-state index < -0.39 is 11.9 Å². The first kappa shape index (κ1) is 15.6. The number of ether oxygens (including phenoxy) is 2. The fourth-order valence-electron chi connectivity index (χ4n) is 1.90. The largest absolute Gasteiger partial charge is 0.462 e. The predicted molar refractivity (Wildman–Crippen MR) is 80.1 cm³/mol. The highest BCUT2D eigenvalue weighted by molar-refractivity contribution is 6.16. The summed E-state index contributed by atoms with van der Waals surface area (Å²) in [5.74, 6) is -1.68. The summed E-state index contributed by atoms with van der Waals surface area (Å²) in [5, 5.41) is 3.25.